The second-order valence-electron chi connectivity index (χ2n) is 6.52. The van der Waals surface area contributed by atoms with Crippen LogP contribution in [0.15, 0.2) is 49.1 Å². The van der Waals surface area contributed by atoms with E-state index in [1.165, 1.54) is 5.56 Å². The molecule has 23 heavy (non-hydrogen) atoms. The fraction of sp³-hybridized carbons (Fsp3) is 0.389. The van der Waals surface area contributed by atoms with Crippen molar-refractivity contribution in [2.24, 2.45) is 11.8 Å². The van der Waals surface area contributed by atoms with Gasteiger partial charge in [0.05, 0.1) is 0 Å². The molecule has 1 amide bonds. The Labute approximate surface area is 136 Å². The maximum absolute atomic E-state index is 12.5. The lowest BCUT2D eigenvalue weighted by molar-refractivity contribution is 0.0773. The number of carbonyl (C=O) groups excluding carboxylic acids is 1. The Kier molecular flexibility index (Phi) is 3.79. The summed E-state index contributed by atoms with van der Waals surface area (Å²) < 4.78 is 0. The van der Waals surface area contributed by atoms with Gasteiger partial charge in [-0.15, -0.1) is 0 Å². The first kappa shape index (κ1) is 14.3. The highest BCUT2D eigenvalue weighted by molar-refractivity contribution is 5.94. The van der Waals surface area contributed by atoms with Gasteiger partial charge in [0.2, 0.25) is 0 Å². The molecule has 4 rings (SSSR count). The largest absolute Gasteiger partial charge is 0.338 e. The predicted molar refractivity (Wildman–Crippen MR) is 86.6 cm³/mol. The zero-order valence-electron chi connectivity index (χ0n) is 13.0. The molecule has 0 N–H and O–H groups in total. The molecule has 0 radical (unpaired) electrons. The van der Waals surface area contributed by atoms with E-state index >= 15 is 0 Å². The van der Waals surface area contributed by atoms with Crippen LogP contribution in [0.25, 0.3) is 0 Å². The van der Waals surface area contributed by atoms with E-state index in [2.05, 4.69) is 20.9 Å². The average molecular weight is 308 g/mol. The molecule has 5 heteroatoms. The van der Waals surface area contributed by atoms with Gasteiger partial charge in [-0.25, -0.2) is 0 Å². The summed E-state index contributed by atoms with van der Waals surface area (Å²) in [6.07, 6.45) is 7.11. The zero-order valence-corrected chi connectivity index (χ0v) is 13.0. The summed E-state index contributed by atoms with van der Waals surface area (Å²) in [4.78, 5) is 25.2. The van der Waals surface area contributed by atoms with Gasteiger partial charge in [0.1, 0.15) is 0 Å². The molecule has 0 aliphatic carbocycles. The lowest BCUT2D eigenvalue weighted by atomic mass is 10.0. The maximum Gasteiger partial charge on any atom is 0.253 e. The molecule has 2 aliphatic heterocycles. The second kappa shape index (κ2) is 6.08. The second-order valence-corrected chi connectivity index (χ2v) is 6.52. The molecule has 0 bridgehead atoms. The van der Waals surface area contributed by atoms with E-state index in [0.29, 0.717) is 11.8 Å². The SMILES string of the molecule is O=C(c1ccncc1)N1CC2CN(Cc3cccnc3)CC2C1. The first-order valence-electron chi connectivity index (χ1n) is 8.10. The molecule has 2 fully saturated rings. The highest BCUT2D eigenvalue weighted by atomic mass is 16.2. The van der Waals surface area contributed by atoms with Crippen LogP contribution in [0.5, 0.6) is 0 Å². The van der Waals surface area contributed by atoms with Crippen LogP contribution in [-0.4, -0.2) is 51.9 Å². The third-order valence-electron chi connectivity index (χ3n) is 4.91. The molecule has 2 aliphatic rings. The summed E-state index contributed by atoms with van der Waals surface area (Å²) in [5.41, 5.74) is 2.00. The van der Waals surface area contributed by atoms with Crippen molar-refractivity contribution in [2.45, 2.75) is 6.54 Å². The van der Waals surface area contributed by atoms with E-state index in [1.807, 2.05) is 23.4 Å². The number of amides is 1. The van der Waals surface area contributed by atoms with Crippen molar-refractivity contribution in [1.82, 2.24) is 19.8 Å². The Morgan fingerprint density at radius 1 is 1.00 bits per heavy atom. The minimum atomic E-state index is 0.139. The summed E-state index contributed by atoms with van der Waals surface area (Å²) in [6.45, 7) is 4.84. The van der Waals surface area contributed by atoms with Gasteiger partial charge in [-0.3, -0.25) is 19.7 Å². The summed E-state index contributed by atoms with van der Waals surface area (Å²) in [5.74, 6) is 1.33. The number of hydrogen-bond acceptors (Lipinski definition) is 4. The van der Waals surface area contributed by atoms with Crippen LogP contribution in [0.1, 0.15) is 15.9 Å². The number of hydrogen-bond donors (Lipinski definition) is 0. The molecule has 2 saturated heterocycles. The van der Waals surface area contributed by atoms with Gasteiger partial charge in [0.25, 0.3) is 5.91 Å². The van der Waals surface area contributed by atoms with E-state index in [-0.39, 0.29) is 5.91 Å². The van der Waals surface area contributed by atoms with Crippen LogP contribution in [0.3, 0.4) is 0 Å². The monoisotopic (exact) mass is 308 g/mol. The number of aromatic nitrogens is 2. The lowest BCUT2D eigenvalue weighted by Crippen LogP contribution is -2.33. The van der Waals surface area contributed by atoms with Gasteiger partial charge in [-0.2, -0.15) is 0 Å². The number of carbonyl (C=O) groups is 1. The van der Waals surface area contributed by atoms with Crippen LogP contribution >= 0.6 is 0 Å². The van der Waals surface area contributed by atoms with E-state index < -0.39 is 0 Å². The van der Waals surface area contributed by atoms with Crippen molar-refractivity contribution in [3.8, 4) is 0 Å². The smallest absolute Gasteiger partial charge is 0.253 e. The number of nitrogens with zero attached hydrogens (tertiary/aromatic N) is 4. The van der Waals surface area contributed by atoms with Crippen molar-refractivity contribution in [1.29, 1.82) is 0 Å². The van der Waals surface area contributed by atoms with Crippen molar-refractivity contribution in [2.75, 3.05) is 26.2 Å². The van der Waals surface area contributed by atoms with Gasteiger partial charge in [-0.1, -0.05) is 6.07 Å². The summed E-state index contributed by atoms with van der Waals surface area (Å²) in [5, 5.41) is 0. The minimum absolute atomic E-state index is 0.139. The van der Waals surface area contributed by atoms with E-state index in [1.54, 1.807) is 24.5 Å². The number of fused-ring (bicyclic) bond motifs is 1. The molecule has 0 aromatic carbocycles. The van der Waals surface area contributed by atoms with Crippen LogP contribution in [0.2, 0.25) is 0 Å². The van der Waals surface area contributed by atoms with E-state index in [9.17, 15) is 4.79 Å². The molecule has 2 aromatic heterocycles. The molecule has 2 atom stereocenters. The van der Waals surface area contributed by atoms with Crippen molar-refractivity contribution < 1.29 is 4.79 Å². The van der Waals surface area contributed by atoms with E-state index in [4.69, 9.17) is 0 Å². The molecular formula is C18H20N4O. The first-order valence-corrected chi connectivity index (χ1v) is 8.10. The third-order valence-corrected chi connectivity index (χ3v) is 4.91. The summed E-state index contributed by atoms with van der Waals surface area (Å²) >= 11 is 0. The minimum Gasteiger partial charge on any atom is -0.338 e. The van der Waals surface area contributed by atoms with Gasteiger partial charge >= 0.3 is 0 Å². The fourth-order valence-electron chi connectivity index (χ4n) is 3.81. The number of pyridine rings is 2. The van der Waals surface area contributed by atoms with Crippen molar-refractivity contribution >= 4 is 5.91 Å². The van der Waals surface area contributed by atoms with Crippen molar-refractivity contribution in [3.05, 3.63) is 60.2 Å². The Morgan fingerprint density at radius 3 is 2.39 bits per heavy atom. The Morgan fingerprint density at radius 2 is 1.74 bits per heavy atom. The molecule has 2 unspecified atom stereocenters. The molecule has 4 heterocycles. The Bertz CT molecular complexity index is 662. The number of rotatable bonds is 3. The maximum atomic E-state index is 12.5. The first-order chi connectivity index (χ1) is 11.3. The van der Waals surface area contributed by atoms with Crippen LogP contribution in [0, 0.1) is 11.8 Å². The normalized spacial score (nSPS) is 23.9. The highest BCUT2D eigenvalue weighted by Crippen LogP contribution is 2.32. The summed E-state index contributed by atoms with van der Waals surface area (Å²) in [6, 6.07) is 7.71. The predicted octanol–water partition coefficient (Wildman–Crippen LogP) is 1.68. The molecule has 5 nitrogen and oxygen atoms in total. The molecule has 0 saturated carbocycles. The lowest BCUT2D eigenvalue weighted by Gasteiger charge is -2.21. The van der Waals surface area contributed by atoms with Crippen LogP contribution in [-0.2, 0) is 6.54 Å². The molecule has 2 aromatic rings. The fourth-order valence-corrected chi connectivity index (χ4v) is 3.81. The van der Waals surface area contributed by atoms with Gasteiger partial charge in [0.15, 0.2) is 0 Å². The van der Waals surface area contributed by atoms with Crippen molar-refractivity contribution in [3.63, 3.8) is 0 Å². The zero-order chi connectivity index (χ0) is 15.6. The van der Waals surface area contributed by atoms with Gasteiger partial charge in [-0.05, 0) is 35.6 Å². The Hall–Kier alpha value is -2.27. The van der Waals surface area contributed by atoms with Gasteiger partial charge in [0, 0.05) is 63.1 Å². The summed E-state index contributed by atoms with van der Waals surface area (Å²) in [7, 11) is 0. The van der Waals surface area contributed by atoms with E-state index in [0.717, 1.165) is 38.3 Å². The van der Waals surface area contributed by atoms with Crippen LogP contribution < -0.4 is 0 Å². The topological polar surface area (TPSA) is 49.3 Å². The number of likely N-dealkylation sites (tertiary alicyclic amines) is 2. The molecular weight excluding hydrogens is 288 g/mol. The highest BCUT2D eigenvalue weighted by Gasteiger charge is 2.41. The molecule has 118 valence electrons. The average Bonchev–Trinajstić information content (AvgIpc) is 3.14. The standard InChI is InChI=1S/C18H20N4O/c23-18(15-3-6-19-7-4-15)22-12-16-10-21(11-17(16)13-22)9-14-2-1-5-20-8-14/h1-8,16-17H,9-13H2. The quantitative estimate of drug-likeness (QED) is 0.865. The third kappa shape index (κ3) is 2.97. The Balaban J connectivity index is 1.36. The van der Waals surface area contributed by atoms with Crippen LogP contribution in [0.4, 0.5) is 0 Å². The molecule has 0 spiro atoms. The van der Waals surface area contributed by atoms with Gasteiger partial charge < -0.3 is 4.90 Å².